The lowest BCUT2D eigenvalue weighted by atomic mass is 10.0. The Labute approximate surface area is 124 Å². The van der Waals surface area contributed by atoms with Gasteiger partial charge < -0.3 is 0 Å². The van der Waals surface area contributed by atoms with Gasteiger partial charge in [-0.25, -0.2) is 4.39 Å². The third kappa shape index (κ3) is 3.01. The average molecular weight is 330 g/mol. The normalized spacial score (nSPS) is 10.9. The summed E-state index contributed by atoms with van der Waals surface area (Å²) in [6.45, 7) is 0. The molecular weight excluding hydrogens is 321 g/mol. The summed E-state index contributed by atoms with van der Waals surface area (Å²) in [5, 5.41) is 9.12. The third-order valence-electron chi connectivity index (χ3n) is 2.69. The second-order valence-electron chi connectivity index (χ2n) is 4.00. The van der Waals surface area contributed by atoms with Gasteiger partial charge in [0.1, 0.15) is 17.5 Å². The quantitative estimate of drug-likeness (QED) is 0.476. The highest BCUT2D eigenvalue weighted by Crippen LogP contribution is 2.21. The van der Waals surface area contributed by atoms with Gasteiger partial charge in [-0.2, -0.15) is 5.26 Å². The molecule has 0 aromatic heterocycles. The summed E-state index contributed by atoms with van der Waals surface area (Å²) >= 11 is 3.33. The van der Waals surface area contributed by atoms with Crippen molar-refractivity contribution in [2.24, 2.45) is 0 Å². The molecule has 20 heavy (non-hydrogen) atoms. The minimum Gasteiger partial charge on any atom is -0.288 e. The molecular formula is C16H9BrFNO. The van der Waals surface area contributed by atoms with Gasteiger partial charge in [-0.05, 0) is 29.8 Å². The number of Topliss-reactive ketones (excluding diaryl/α,β-unsaturated/α-hetero) is 1. The first-order chi connectivity index (χ1) is 9.63. The number of carbonyl (C=O) groups is 1. The van der Waals surface area contributed by atoms with Crippen molar-refractivity contribution in [2.75, 3.05) is 0 Å². The van der Waals surface area contributed by atoms with Gasteiger partial charge in [0.05, 0.1) is 5.56 Å². The Morgan fingerprint density at radius 2 is 1.80 bits per heavy atom. The zero-order valence-electron chi connectivity index (χ0n) is 10.3. The SMILES string of the molecule is N#C/C(=C\c1ccccc1Br)C(=O)c1ccccc1F. The van der Waals surface area contributed by atoms with E-state index in [1.807, 2.05) is 12.1 Å². The fourth-order valence-corrected chi connectivity index (χ4v) is 2.09. The molecule has 0 atom stereocenters. The van der Waals surface area contributed by atoms with Gasteiger partial charge in [-0.15, -0.1) is 0 Å². The van der Waals surface area contributed by atoms with Gasteiger partial charge in [0, 0.05) is 4.47 Å². The topological polar surface area (TPSA) is 40.9 Å². The zero-order valence-corrected chi connectivity index (χ0v) is 11.9. The van der Waals surface area contributed by atoms with E-state index < -0.39 is 11.6 Å². The van der Waals surface area contributed by atoms with Crippen molar-refractivity contribution in [3.8, 4) is 6.07 Å². The first-order valence-corrected chi connectivity index (χ1v) is 6.58. The maximum absolute atomic E-state index is 13.6. The number of hydrogen-bond donors (Lipinski definition) is 0. The highest BCUT2D eigenvalue weighted by atomic mass is 79.9. The van der Waals surface area contributed by atoms with E-state index in [1.165, 1.54) is 24.3 Å². The molecule has 0 radical (unpaired) electrons. The summed E-state index contributed by atoms with van der Waals surface area (Å²) in [4.78, 5) is 12.2. The Hall–Kier alpha value is -2.25. The lowest BCUT2D eigenvalue weighted by molar-refractivity contribution is 0.103. The van der Waals surface area contributed by atoms with Crippen LogP contribution in [0.4, 0.5) is 4.39 Å². The van der Waals surface area contributed by atoms with Crippen molar-refractivity contribution in [3.05, 3.63) is 75.5 Å². The Balaban J connectivity index is 2.44. The van der Waals surface area contributed by atoms with Gasteiger partial charge in [0.25, 0.3) is 0 Å². The molecule has 0 aliphatic carbocycles. The van der Waals surface area contributed by atoms with Crippen molar-refractivity contribution in [1.29, 1.82) is 5.26 Å². The fraction of sp³-hybridized carbons (Fsp3) is 0. The summed E-state index contributed by atoms with van der Waals surface area (Å²) in [7, 11) is 0. The van der Waals surface area contributed by atoms with Crippen molar-refractivity contribution in [3.63, 3.8) is 0 Å². The van der Waals surface area contributed by atoms with Gasteiger partial charge >= 0.3 is 0 Å². The molecule has 0 spiro atoms. The van der Waals surface area contributed by atoms with Gasteiger partial charge in [-0.1, -0.05) is 46.3 Å². The van der Waals surface area contributed by atoms with Crippen molar-refractivity contribution in [1.82, 2.24) is 0 Å². The Morgan fingerprint density at radius 1 is 1.15 bits per heavy atom. The van der Waals surface area contributed by atoms with E-state index in [1.54, 1.807) is 24.3 Å². The minimum absolute atomic E-state index is 0.104. The van der Waals surface area contributed by atoms with Crippen LogP contribution >= 0.6 is 15.9 Å². The van der Waals surface area contributed by atoms with Crippen molar-refractivity contribution in [2.45, 2.75) is 0 Å². The van der Waals surface area contributed by atoms with Crippen LogP contribution in [0, 0.1) is 17.1 Å². The molecule has 0 heterocycles. The number of hydrogen-bond acceptors (Lipinski definition) is 2. The average Bonchev–Trinajstić information content (AvgIpc) is 2.46. The van der Waals surface area contributed by atoms with Crippen LogP contribution in [0.1, 0.15) is 15.9 Å². The van der Waals surface area contributed by atoms with Crippen LogP contribution < -0.4 is 0 Å². The molecule has 4 heteroatoms. The lowest BCUT2D eigenvalue weighted by Crippen LogP contribution is -2.04. The summed E-state index contributed by atoms with van der Waals surface area (Å²) in [5.74, 6) is -1.26. The van der Waals surface area contributed by atoms with E-state index in [0.717, 1.165) is 4.47 Å². The molecule has 0 unspecified atom stereocenters. The van der Waals surface area contributed by atoms with Crippen LogP contribution in [0.3, 0.4) is 0 Å². The Bertz CT molecular complexity index is 731. The first-order valence-electron chi connectivity index (χ1n) is 5.79. The predicted molar refractivity (Wildman–Crippen MR) is 78.5 cm³/mol. The van der Waals surface area contributed by atoms with Crippen LogP contribution in [0.15, 0.2) is 58.6 Å². The summed E-state index contributed by atoms with van der Waals surface area (Å²) in [5.41, 5.74) is 0.475. The predicted octanol–water partition coefficient (Wildman–Crippen LogP) is 4.38. The molecule has 0 aliphatic rings. The number of benzene rings is 2. The number of nitrogens with zero attached hydrogens (tertiary/aromatic N) is 1. The highest BCUT2D eigenvalue weighted by Gasteiger charge is 2.16. The largest absolute Gasteiger partial charge is 0.288 e. The fourth-order valence-electron chi connectivity index (χ4n) is 1.69. The lowest BCUT2D eigenvalue weighted by Gasteiger charge is -2.02. The monoisotopic (exact) mass is 329 g/mol. The summed E-state index contributed by atoms with van der Waals surface area (Å²) < 4.78 is 14.3. The molecule has 0 bridgehead atoms. The summed E-state index contributed by atoms with van der Waals surface area (Å²) in [6, 6.07) is 14.6. The maximum atomic E-state index is 13.6. The van der Waals surface area contributed by atoms with Crippen molar-refractivity contribution >= 4 is 27.8 Å². The maximum Gasteiger partial charge on any atom is 0.206 e. The zero-order chi connectivity index (χ0) is 14.5. The molecule has 2 aromatic rings. The van der Waals surface area contributed by atoms with E-state index in [2.05, 4.69) is 15.9 Å². The van der Waals surface area contributed by atoms with Crippen LogP contribution in [0.5, 0.6) is 0 Å². The summed E-state index contributed by atoms with van der Waals surface area (Å²) in [6.07, 6.45) is 1.44. The molecule has 0 amide bonds. The van der Waals surface area contributed by atoms with Crippen LogP contribution in [-0.4, -0.2) is 5.78 Å². The van der Waals surface area contributed by atoms with E-state index in [-0.39, 0.29) is 11.1 Å². The molecule has 98 valence electrons. The van der Waals surface area contributed by atoms with Crippen LogP contribution in [-0.2, 0) is 0 Å². The van der Waals surface area contributed by atoms with Gasteiger partial charge in [0.15, 0.2) is 0 Å². The molecule has 2 nitrogen and oxygen atoms in total. The van der Waals surface area contributed by atoms with E-state index >= 15 is 0 Å². The molecule has 0 saturated heterocycles. The number of carbonyl (C=O) groups excluding carboxylic acids is 1. The smallest absolute Gasteiger partial charge is 0.206 e. The molecule has 2 aromatic carbocycles. The standard InChI is InChI=1S/C16H9BrFNO/c17-14-7-3-1-5-11(14)9-12(10-19)16(20)13-6-2-4-8-15(13)18/h1-9H/b12-9+. The number of halogens is 2. The number of ketones is 1. The van der Waals surface area contributed by atoms with E-state index in [4.69, 9.17) is 5.26 Å². The highest BCUT2D eigenvalue weighted by molar-refractivity contribution is 9.10. The van der Waals surface area contributed by atoms with Gasteiger partial charge in [-0.3, -0.25) is 4.79 Å². The Kier molecular flexibility index (Phi) is 4.44. The molecule has 0 saturated carbocycles. The third-order valence-corrected chi connectivity index (χ3v) is 3.41. The second kappa shape index (κ2) is 6.27. The van der Waals surface area contributed by atoms with Crippen molar-refractivity contribution < 1.29 is 9.18 Å². The molecule has 2 rings (SSSR count). The van der Waals surface area contributed by atoms with E-state index in [0.29, 0.717) is 5.56 Å². The van der Waals surface area contributed by atoms with Gasteiger partial charge in [0.2, 0.25) is 5.78 Å². The first kappa shape index (κ1) is 14.2. The molecule has 0 fully saturated rings. The second-order valence-corrected chi connectivity index (χ2v) is 4.85. The van der Waals surface area contributed by atoms with Crippen LogP contribution in [0.2, 0.25) is 0 Å². The Morgan fingerprint density at radius 3 is 2.45 bits per heavy atom. The minimum atomic E-state index is -0.634. The molecule has 0 N–H and O–H groups in total. The number of rotatable bonds is 3. The van der Waals surface area contributed by atoms with Crippen LogP contribution in [0.25, 0.3) is 6.08 Å². The molecule has 0 aliphatic heterocycles. The number of nitriles is 1. The van der Waals surface area contributed by atoms with E-state index in [9.17, 15) is 9.18 Å². The number of allylic oxidation sites excluding steroid dienone is 1.